The molecule has 0 unspecified atom stereocenters. The molecule has 2 aromatic heterocycles. The molecule has 1 fully saturated rings. The Hall–Kier alpha value is -3.87. The van der Waals surface area contributed by atoms with Crippen LogP contribution in [0.5, 0.6) is 0 Å². The van der Waals surface area contributed by atoms with Crippen molar-refractivity contribution in [3.8, 4) is 11.3 Å². The van der Waals surface area contributed by atoms with E-state index in [2.05, 4.69) is 39.5 Å². The Morgan fingerprint density at radius 2 is 1.84 bits per heavy atom. The molecular weight excluding hydrogens is 386 g/mol. The van der Waals surface area contributed by atoms with Gasteiger partial charge in [0.25, 0.3) is 0 Å². The monoisotopic (exact) mass is 411 g/mol. The van der Waals surface area contributed by atoms with Gasteiger partial charge in [0.15, 0.2) is 11.5 Å². The number of rotatable bonds is 5. The lowest BCUT2D eigenvalue weighted by Crippen LogP contribution is -2.29. The van der Waals surface area contributed by atoms with Crippen LogP contribution in [0.25, 0.3) is 16.9 Å². The van der Waals surface area contributed by atoms with Gasteiger partial charge in [-0.3, -0.25) is 0 Å². The highest BCUT2D eigenvalue weighted by Gasteiger charge is 2.13. The van der Waals surface area contributed by atoms with E-state index in [4.69, 9.17) is 16.1 Å². The molecule has 5 rings (SSSR count). The average molecular weight is 412 g/mol. The summed E-state index contributed by atoms with van der Waals surface area (Å²) in [5.74, 6) is 0.683. The van der Waals surface area contributed by atoms with Crippen LogP contribution < -0.4 is 16.0 Å². The first-order chi connectivity index (χ1) is 15.2. The van der Waals surface area contributed by atoms with Crippen LogP contribution in [0.4, 0.5) is 22.9 Å². The van der Waals surface area contributed by atoms with Gasteiger partial charge in [-0.15, -0.1) is 0 Å². The van der Waals surface area contributed by atoms with E-state index < -0.39 is 0 Å². The Kier molecular flexibility index (Phi) is 5.00. The van der Waals surface area contributed by atoms with Crippen LogP contribution in [-0.4, -0.2) is 33.7 Å². The number of aromatic nitrogens is 3. The molecule has 4 N–H and O–H groups in total. The Bertz CT molecular complexity index is 1220. The average Bonchev–Trinajstić information content (AvgIpc) is 3.29. The molecule has 7 nitrogen and oxygen atoms in total. The summed E-state index contributed by atoms with van der Waals surface area (Å²) in [5, 5.41) is 10.9. The van der Waals surface area contributed by atoms with Crippen molar-refractivity contribution in [1.82, 2.24) is 14.4 Å². The molecule has 3 heterocycles. The minimum atomic E-state index is 0.558. The molecule has 0 spiro atoms. The van der Waals surface area contributed by atoms with E-state index in [0.717, 1.165) is 35.7 Å². The van der Waals surface area contributed by atoms with Gasteiger partial charge in [-0.05, 0) is 49.6 Å². The van der Waals surface area contributed by atoms with Gasteiger partial charge >= 0.3 is 0 Å². The maximum absolute atomic E-state index is 7.44. The van der Waals surface area contributed by atoms with E-state index >= 15 is 0 Å². The SMILES string of the molecule is N=Cc1ccc(-c2cn3ccnc3c(Nc3ccc(N4CCCCC4)cc3)n2)cc1N. The predicted molar refractivity (Wildman–Crippen MR) is 127 cm³/mol. The fourth-order valence-corrected chi connectivity index (χ4v) is 4.06. The number of nitrogens with one attached hydrogen (secondary N) is 2. The number of nitrogen functional groups attached to an aromatic ring is 1. The van der Waals surface area contributed by atoms with E-state index in [-0.39, 0.29) is 0 Å². The molecule has 0 bridgehead atoms. The predicted octanol–water partition coefficient (Wildman–Crippen LogP) is 4.71. The van der Waals surface area contributed by atoms with E-state index in [9.17, 15) is 0 Å². The molecule has 0 saturated carbocycles. The zero-order valence-corrected chi connectivity index (χ0v) is 17.3. The summed E-state index contributed by atoms with van der Waals surface area (Å²) in [7, 11) is 0. The van der Waals surface area contributed by atoms with Crippen molar-refractivity contribution >= 4 is 34.7 Å². The molecule has 0 radical (unpaired) electrons. The summed E-state index contributed by atoms with van der Waals surface area (Å²) in [6.45, 7) is 2.26. The Labute approximate surface area is 181 Å². The van der Waals surface area contributed by atoms with Gasteiger partial charge in [0, 0.05) is 66.1 Å². The van der Waals surface area contributed by atoms with Gasteiger partial charge in [0.05, 0.1) is 5.69 Å². The van der Waals surface area contributed by atoms with Gasteiger partial charge in [-0.2, -0.15) is 0 Å². The lowest BCUT2D eigenvalue weighted by Gasteiger charge is -2.28. The highest BCUT2D eigenvalue weighted by Crippen LogP contribution is 2.28. The Balaban J connectivity index is 1.46. The van der Waals surface area contributed by atoms with Crippen molar-refractivity contribution in [2.75, 3.05) is 29.0 Å². The molecule has 1 aliphatic rings. The zero-order valence-electron chi connectivity index (χ0n) is 17.3. The third-order valence-electron chi connectivity index (χ3n) is 5.76. The van der Waals surface area contributed by atoms with Crippen LogP contribution in [0.1, 0.15) is 24.8 Å². The number of imidazole rings is 1. The van der Waals surface area contributed by atoms with E-state index in [1.165, 1.54) is 31.2 Å². The lowest BCUT2D eigenvalue weighted by molar-refractivity contribution is 0.578. The molecule has 0 aliphatic carbocycles. The standard InChI is InChI=1S/C24H25N7/c25-15-18-5-4-17(14-21(18)26)22-16-31-13-10-27-24(31)23(29-22)28-19-6-8-20(9-7-19)30-11-2-1-3-12-30/h4-10,13-16,25H,1-3,11-12,26H2,(H,28,29). The van der Waals surface area contributed by atoms with E-state index in [1.807, 2.05) is 35.0 Å². The van der Waals surface area contributed by atoms with Crippen molar-refractivity contribution in [1.29, 1.82) is 5.41 Å². The van der Waals surface area contributed by atoms with Crippen molar-refractivity contribution in [2.45, 2.75) is 19.3 Å². The number of nitrogens with zero attached hydrogens (tertiary/aromatic N) is 4. The summed E-state index contributed by atoms with van der Waals surface area (Å²) in [5.41, 5.74) is 12.0. The van der Waals surface area contributed by atoms with E-state index in [1.54, 1.807) is 6.20 Å². The Morgan fingerprint density at radius 3 is 2.58 bits per heavy atom. The molecule has 1 saturated heterocycles. The zero-order chi connectivity index (χ0) is 21.2. The molecule has 4 aromatic rings. The van der Waals surface area contributed by atoms with Crippen LogP contribution in [0.3, 0.4) is 0 Å². The van der Waals surface area contributed by atoms with Crippen LogP contribution in [-0.2, 0) is 0 Å². The molecular formula is C24H25N7. The van der Waals surface area contributed by atoms with Gasteiger partial charge in [0.2, 0.25) is 0 Å². The van der Waals surface area contributed by atoms with Crippen molar-refractivity contribution in [3.05, 3.63) is 66.6 Å². The number of hydrogen-bond acceptors (Lipinski definition) is 6. The number of piperidine rings is 1. The van der Waals surface area contributed by atoms with Crippen LogP contribution >= 0.6 is 0 Å². The third-order valence-corrected chi connectivity index (χ3v) is 5.76. The van der Waals surface area contributed by atoms with Crippen LogP contribution in [0, 0.1) is 5.41 Å². The topological polar surface area (TPSA) is 95.3 Å². The summed E-state index contributed by atoms with van der Waals surface area (Å²) in [6.07, 6.45) is 10.7. The molecule has 0 atom stereocenters. The second kappa shape index (κ2) is 8.10. The minimum absolute atomic E-state index is 0.558. The molecule has 31 heavy (non-hydrogen) atoms. The van der Waals surface area contributed by atoms with Crippen molar-refractivity contribution in [3.63, 3.8) is 0 Å². The van der Waals surface area contributed by atoms with Gasteiger partial charge in [-0.1, -0.05) is 12.1 Å². The molecule has 156 valence electrons. The molecule has 2 aromatic carbocycles. The highest BCUT2D eigenvalue weighted by atomic mass is 15.1. The number of anilines is 4. The second-order valence-electron chi connectivity index (χ2n) is 7.84. The minimum Gasteiger partial charge on any atom is -0.398 e. The fourth-order valence-electron chi connectivity index (χ4n) is 4.06. The normalized spacial score (nSPS) is 14.0. The fraction of sp³-hybridized carbons (Fsp3) is 0.208. The quantitative estimate of drug-likeness (QED) is 0.326. The van der Waals surface area contributed by atoms with Crippen molar-refractivity contribution in [2.24, 2.45) is 0 Å². The number of benzene rings is 2. The summed E-state index contributed by atoms with van der Waals surface area (Å²) in [4.78, 5) is 11.7. The van der Waals surface area contributed by atoms with Crippen molar-refractivity contribution < 1.29 is 0 Å². The highest BCUT2D eigenvalue weighted by molar-refractivity contribution is 5.87. The lowest BCUT2D eigenvalue weighted by atomic mass is 10.1. The largest absolute Gasteiger partial charge is 0.398 e. The summed E-state index contributed by atoms with van der Waals surface area (Å²) < 4.78 is 1.95. The first-order valence-corrected chi connectivity index (χ1v) is 10.6. The maximum Gasteiger partial charge on any atom is 0.180 e. The maximum atomic E-state index is 7.44. The van der Waals surface area contributed by atoms with Gasteiger partial charge in [-0.25, -0.2) is 9.97 Å². The second-order valence-corrected chi connectivity index (χ2v) is 7.84. The third kappa shape index (κ3) is 3.82. The smallest absolute Gasteiger partial charge is 0.180 e. The number of hydrogen-bond donors (Lipinski definition) is 3. The molecule has 0 amide bonds. The molecule has 1 aliphatic heterocycles. The van der Waals surface area contributed by atoms with Crippen LogP contribution in [0.15, 0.2) is 61.1 Å². The number of nitrogens with two attached hydrogens (primary N) is 1. The summed E-state index contributed by atoms with van der Waals surface area (Å²) in [6, 6.07) is 14.1. The number of fused-ring (bicyclic) bond motifs is 1. The van der Waals surface area contributed by atoms with Gasteiger partial charge in [0.1, 0.15) is 0 Å². The van der Waals surface area contributed by atoms with Crippen LogP contribution in [0.2, 0.25) is 0 Å². The Morgan fingerprint density at radius 1 is 1.03 bits per heavy atom. The first-order valence-electron chi connectivity index (χ1n) is 10.6. The summed E-state index contributed by atoms with van der Waals surface area (Å²) >= 11 is 0. The van der Waals surface area contributed by atoms with Gasteiger partial charge < -0.3 is 25.8 Å². The molecule has 7 heteroatoms. The first kappa shape index (κ1) is 19.1. The van der Waals surface area contributed by atoms with E-state index in [0.29, 0.717) is 17.1 Å².